The molecule has 0 saturated heterocycles. The van der Waals surface area contributed by atoms with Crippen LogP contribution < -0.4 is 0 Å². The van der Waals surface area contributed by atoms with E-state index in [1.807, 2.05) is 12.1 Å². The summed E-state index contributed by atoms with van der Waals surface area (Å²) in [6.07, 6.45) is 1.11. The summed E-state index contributed by atoms with van der Waals surface area (Å²) in [6.45, 7) is 2.21. The van der Waals surface area contributed by atoms with Crippen molar-refractivity contribution in [1.29, 1.82) is 0 Å². The monoisotopic (exact) mass is 326 g/mol. The largest absolute Gasteiger partial charge is 0.466 e. The minimum Gasteiger partial charge on any atom is -0.466 e. The Morgan fingerprint density at radius 3 is 3.05 bits per heavy atom. The molecule has 0 saturated carbocycles. The first kappa shape index (κ1) is 15.9. The normalized spacial score (nSPS) is 10.6. The fourth-order valence-electron chi connectivity index (χ4n) is 1.62. The molecule has 21 heavy (non-hydrogen) atoms. The van der Waals surface area contributed by atoms with Gasteiger partial charge >= 0.3 is 5.97 Å². The highest BCUT2D eigenvalue weighted by atomic mass is 35.5. The van der Waals surface area contributed by atoms with Crippen molar-refractivity contribution in [3.05, 3.63) is 29.3 Å². The molecule has 0 radical (unpaired) electrons. The summed E-state index contributed by atoms with van der Waals surface area (Å²) in [5, 5.41) is 9.05. The van der Waals surface area contributed by atoms with Crippen LogP contribution in [0.25, 0.3) is 11.5 Å². The van der Waals surface area contributed by atoms with Gasteiger partial charge in [0, 0.05) is 22.8 Å². The summed E-state index contributed by atoms with van der Waals surface area (Å²) in [4.78, 5) is 11.2. The highest BCUT2D eigenvalue weighted by Crippen LogP contribution is 2.25. The Morgan fingerprint density at radius 1 is 1.43 bits per heavy atom. The van der Waals surface area contributed by atoms with Gasteiger partial charge in [-0.05, 0) is 31.5 Å². The SMILES string of the molecule is CCOC(=O)CCCSc1nnc(-c2cccc(Cl)c2)o1. The highest BCUT2D eigenvalue weighted by Gasteiger charge is 2.09. The van der Waals surface area contributed by atoms with Gasteiger partial charge in [0.2, 0.25) is 5.89 Å². The molecule has 0 aliphatic rings. The number of ether oxygens (including phenoxy) is 1. The van der Waals surface area contributed by atoms with Crippen molar-refractivity contribution >= 4 is 29.3 Å². The van der Waals surface area contributed by atoms with E-state index in [1.165, 1.54) is 11.8 Å². The number of nitrogens with zero attached hydrogens (tertiary/aromatic N) is 2. The Hall–Kier alpha value is -1.53. The average Bonchev–Trinajstić information content (AvgIpc) is 2.93. The Labute approximate surface area is 132 Å². The molecule has 2 aromatic rings. The van der Waals surface area contributed by atoms with Crippen LogP contribution in [-0.2, 0) is 9.53 Å². The van der Waals surface area contributed by atoms with E-state index in [4.69, 9.17) is 20.8 Å². The minimum atomic E-state index is -0.178. The molecule has 0 aliphatic heterocycles. The van der Waals surface area contributed by atoms with Gasteiger partial charge in [0.1, 0.15) is 0 Å². The van der Waals surface area contributed by atoms with Gasteiger partial charge in [-0.3, -0.25) is 4.79 Å². The molecule has 0 unspecified atom stereocenters. The zero-order valence-electron chi connectivity index (χ0n) is 11.5. The molecule has 0 amide bonds. The third kappa shape index (κ3) is 5.06. The zero-order valence-corrected chi connectivity index (χ0v) is 13.1. The second kappa shape index (κ2) is 8.05. The Kier molecular flexibility index (Phi) is 6.07. The fraction of sp³-hybridized carbons (Fsp3) is 0.357. The Morgan fingerprint density at radius 2 is 2.29 bits per heavy atom. The molecule has 0 fully saturated rings. The molecule has 0 atom stereocenters. The first-order valence-corrected chi connectivity index (χ1v) is 7.93. The number of halogens is 1. The second-order valence-corrected chi connectivity index (χ2v) is 5.62. The quantitative estimate of drug-likeness (QED) is 0.438. The van der Waals surface area contributed by atoms with E-state index < -0.39 is 0 Å². The summed E-state index contributed by atoms with van der Waals surface area (Å²) in [5.41, 5.74) is 0.786. The summed E-state index contributed by atoms with van der Waals surface area (Å²) < 4.78 is 10.4. The number of thioether (sulfide) groups is 1. The molecule has 112 valence electrons. The van der Waals surface area contributed by atoms with Gasteiger partial charge in [-0.2, -0.15) is 0 Å². The number of hydrogen-bond acceptors (Lipinski definition) is 6. The second-order valence-electron chi connectivity index (χ2n) is 4.14. The lowest BCUT2D eigenvalue weighted by Gasteiger charge is -1.99. The molecule has 1 aromatic carbocycles. The molecule has 0 N–H and O–H groups in total. The summed E-state index contributed by atoms with van der Waals surface area (Å²) in [7, 11) is 0. The van der Waals surface area contributed by atoms with Crippen LogP contribution in [0.4, 0.5) is 0 Å². The minimum absolute atomic E-state index is 0.178. The van der Waals surface area contributed by atoms with Gasteiger partial charge in [0.25, 0.3) is 5.22 Å². The molecule has 5 nitrogen and oxygen atoms in total. The van der Waals surface area contributed by atoms with Crippen LogP contribution in [-0.4, -0.2) is 28.5 Å². The molecule has 1 aromatic heterocycles. The van der Waals surface area contributed by atoms with E-state index in [-0.39, 0.29) is 5.97 Å². The van der Waals surface area contributed by atoms with E-state index in [0.29, 0.717) is 35.6 Å². The first-order valence-electron chi connectivity index (χ1n) is 6.57. The highest BCUT2D eigenvalue weighted by molar-refractivity contribution is 7.99. The number of aromatic nitrogens is 2. The van der Waals surface area contributed by atoms with Gasteiger partial charge in [-0.25, -0.2) is 0 Å². The number of esters is 1. The predicted octanol–water partition coefficient (Wildman–Crippen LogP) is 3.83. The summed E-state index contributed by atoms with van der Waals surface area (Å²) >= 11 is 7.34. The first-order chi connectivity index (χ1) is 10.2. The predicted molar refractivity (Wildman–Crippen MR) is 81.3 cm³/mol. The van der Waals surface area contributed by atoms with E-state index >= 15 is 0 Å². The van der Waals surface area contributed by atoms with Gasteiger partial charge in [-0.15, -0.1) is 10.2 Å². The van der Waals surface area contributed by atoms with Crippen molar-refractivity contribution in [1.82, 2.24) is 10.2 Å². The van der Waals surface area contributed by atoms with Crippen LogP contribution in [0.5, 0.6) is 0 Å². The fourth-order valence-corrected chi connectivity index (χ4v) is 2.51. The zero-order chi connectivity index (χ0) is 15.1. The van der Waals surface area contributed by atoms with Crippen LogP contribution in [0.3, 0.4) is 0 Å². The van der Waals surface area contributed by atoms with Crippen LogP contribution >= 0.6 is 23.4 Å². The van der Waals surface area contributed by atoms with E-state index in [1.54, 1.807) is 19.1 Å². The molecule has 0 bridgehead atoms. The van der Waals surface area contributed by atoms with Crippen LogP contribution in [0.15, 0.2) is 33.9 Å². The lowest BCUT2D eigenvalue weighted by atomic mass is 10.2. The lowest BCUT2D eigenvalue weighted by Crippen LogP contribution is -2.03. The molecule has 7 heteroatoms. The molecule has 1 heterocycles. The molecular weight excluding hydrogens is 312 g/mol. The van der Waals surface area contributed by atoms with Crippen molar-refractivity contribution in [3.63, 3.8) is 0 Å². The van der Waals surface area contributed by atoms with E-state index in [2.05, 4.69) is 10.2 Å². The van der Waals surface area contributed by atoms with E-state index in [9.17, 15) is 4.79 Å². The van der Waals surface area contributed by atoms with Crippen LogP contribution in [0.1, 0.15) is 19.8 Å². The lowest BCUT2D eigenvalue weighted by molar-refractivity contribution is -0.143. The van der Waals surface area contributed by atoms with E-state index in [0.717, 1.165) is 11.3 Å². The third-order valence-electron chi connectivity index (χ3n) is 2.53. The standard InChI is InChI=1S/C14H15ClN2O3S/c1-2-19-12(18)7-4-8-21-14-17-16-13(20-14)10-5-3-6-11(15)9-10/h3,5-6,9H,2,4,7-8H2,1H3. The average molecular weight is 327 g/mol. The number of hydrogen-bond donors (Lipinski definition) is 0. The van der Waals surface area contributed by atoms with Crippen molar-refractivity contribution in [2.45, 2.75) is 25.0 Å². The Balaban J connectivity index is 1.82. The summed E-state index contributed by atoms with van der Waals surface area (Å²) in [5.74, 6) is 0.976. The number of benzene rings is 1. The number of carbonyl (C=O) groups is 1. The Bertz CT molecular complexity index is 603. The van der Waals surface area contributed by atoms with Gasteiger partial charge < -0.3 is 9.15 Å². The smallest absolute Gasteiger partial charge is 0.305 e. The van der Waals surface area contributed by atoms with Gasteiger partial charge in [0.05, 0.1) is 6.61 Å². The number of carbonyl (C=O) groups excluding carboxylic acids is 1. The molecule has 0 spiro atoms. The van der Waals surface area contributed by atoms with Crippen molar-refractivity contribution < 1.29 is 13.9 Å². The summed E-state index contributed by atoms with van der Waals surface area (Å²) in [6, 6.07) is 7.24. The maximum absolute atomic E-state index is 11.2. The topological polar surface area (TPSA) is 65.2 Å². The van der Waals surface area contributed by atoms with Gasteiger partial charge in [-0.1, -0.05) is 29.4 Å². The van der Waals surface area contributed by atoms with Crippen molar-refractivity contribution in [2.75, 3.05) is 12.4 Å². The van der Waals surface area contributed by atoms with Crippen molar-refractivity contribution in [2.24, 2.45) is 0 Å². The maximum atomic E-state index is 11.2. The van der Waals surface area contributed by atoms with Crippen LogP contribution in [0, 0.1) is 0 Å². The van der Waals surface area contributed by atoms with Crippen LogP contribution in [0.2, 0.25) is 5.02 Å². The maximum Gasteiger partial charge on any atom is 0.305 e. The number of rotatable bonds is 7. The molecule has 0 aliphatic carbocycles. The van der Waals surface area contributed by atoms with Gasteiger partial charge in [0.15, 0.2) is 0 Å². The molecular formula is C14H15ClN2O3S. The third-order valence-corrected chi connectivity index (χ3v) is 3.67. The molecule has 2 rings (SSSR count). The van der Waals surface area contributed by atoms with Crippen molar-refractivity contribution in [3.8, 4) is 11.5 Å².